The van der Waals surface area contributed by atoms with Crippen LogP contribution in [-0.4, -0.2) is 5.78 Å². The summed E-state index contributed by atoms with van der Waals surface area (Å²) < 4.78 is 0. The largest absolute Gasteiger partial charge is 0.299 e. The maximum atomic E-state index is 11.2. The van der Waals surface area contributed by atoms with Crippen LogP contribution >= 0.6 is 0 Å². The van der Waals surface area contributed by atoms with Gasteiger partial charge in [0, 0.05) is 12.8 Å². The summed E-state index contributed by atoms with van der Waals surface area (Å²) in [6.45, 7) is 9.86. The van der Waals surface area contributed by atoms with Crippen molar-refractivity contribution < 1.29 is 4.79 Å². The average molecular weight is 206 g/mol. The second kappa shape index (κ2) is 8.22. The highest BCUT2D eigenvalue weighted by molar-refractivity contribution is 5.83. The van der Waals surface area contributed by atoms with Crippen LogP contribution in [0.1, 0.15) is 46.5 Å². The van der Waals surface area contributed by atoms with Crippen molar-refractivity contribution >= 4 is 5.78 Å². The fourth-order valence-corrected chi connectivity index (χ4v) is 1.51. The van der Waals surface area contributed by atoms with Gasteiger partial charge in [0.2, 0.25) is 0 Å². The summed E-state index contributed by atoms with van der Waals surface area (Å²) in [5, 5.41) is 0. The van der Waals surface area contributed by atoms with E-state index >= 15 is 0 Å². The first-order valence-electron chi connectivity index (χ1n) is 5.80. The van der Waals surface area contributed by atoms with E-state index in [0.717, 1.165) is 18.4 Å². The first-order valence-corrected chi connectivity index (χ1v) is 5.80. The fourth-order valence-electron chi connectivity index (χ4n) is 1.51. The van der Waals surface area contributed by atoms with Crippen LogP contribution in [0.25, 0.3) is 0 Å². The number of carbonyl (C=O) groups excluding carboxylic acids is 1. The zero-order valence-electron chi connectivity index (χ0n) is 10.2. The third-order valence-corrected chi connectivity index (χ3v) is 2.27. The first-order chi connectivity index (χ1) is 7.27. The lowest BCUT2D eigenvalue weighted by atomic mass is 9.90. The topological polar surface area (TPSA) is 17.1 Å². The Bertz CT molecular complexity index is 269. The van der Waals surface area contributed by atoms with Gasteiger partial charge in [0.1, 0.15) is 5.78 Å². The number of ketones is 1. The molecule has 84 valence electrons. The molecule has 0 radical (unpaired) electrons. The Labute approximate surface area is 93.6 Å². The predicted molar refractivity (Wildman–Crippen MR) is 66.9 cm³/mol. The molecule has 0 fully saturated rings. The highest BCUT2D eigenvalue weighted by atomic mass is 16.1. The van der Waals surface area contributed by atoms with E-state index in [9.17, 15) is 4.79 Å². The third-order valence-electron chi connectivity index (χ3n) is 2.27. The van der Waals surface area contributed by atoms with Crippen molar-refractivity contribution in [2.75, 3.05) is 0 Å². The molecule has 0 atom stereocenters. The van der Waals surface area contributed by atoms with E-state index in [1.807, 2.05) is 19.9 Å². The van der Waals surface area contributed by atoms with E-state index in [-0.39, 0.29) is 0 Å². The molecule has 0 spiro atoms. The maximum absolute atomic E-state index is 11.2. The van der Waals surface area contributed by atoms with E-state index in [2.05, 4.69) is 25.7 Å². The van der Waals surface area contributed by atoms with Crippen molar-refractivity contribution in [2.24, 2.45) is 0 Å². The number of hydrogen-bond acceptors (Lipinski definition) is 1. The standard InChI is InChI=1S/C12H16O.C2H6/c1-3-5-6-11-9-12(13)8-7-10(11)4-2;1-2/h4-6H,2-3,7-9H2,1H3;1-2H3/b6-5-;. The van der Waals surface area contributed by atoms with Gasteiger partial charge in [0.15, 0.2) is 0 Å². The summed E-state index contributed by atoms with van der Waals surface area (Å²) in [4.78, 5) is 11.2. The molecule has 0 saturated heterocycles. The van der Waals surface area contributed by atoms with Crippen LogP contribution in [0.15, 0.2) is 36.0 Å². The quantitative estimate of drug-likeness (QED) is 0.676. The van der Waals surface area contributed by atoms with Crippen molar-refractivity contribution in [1.82, 2.24) is 0 Å². The number of hydrogen-bond donors (Lipinski definition) is 0. The van der Waals surface area contributed by atoms with Gasteiger partial charge in [-0.05, 0) is 24.0 Å². The Morgan fingerprint density at radius 1 is 1.27 bits per heavy atom. The number of carbonyl (C=O) groups is 1. The molecule has 0 saturated carbocycles. The molecule has 1 nitrogen and oxygen atoms in total. The highest BCUT2D eigenvalue weighted by Gasteiger charge is 2.14. The molecule has 0 aromatic carbocycles. The normalized spacial score (nSPS) is 16.3. The van der Waals surface area contributed by atoms with Gasteiger partial charge in [-0.15, -0.1) is 0 Å². The number of rotatable bonds is 3. The van der Waals surface area contributed by atoms with Crippen molar-refractivity contribution in [3.63, 3.8) is 0 Å². The third kappa shape index (κ3) is 4.78. The minimum Gasteiger partial charge on any atom is -0.299 e. The van der Waals surface area contributed by atoms with Crippen LogP contribution in [0, 0.1) is 0 Å². The molecule has 1 rings (SSSR count). The molecule has 0 heterocycles. The second-order valence-electron chi connectivity index (χ2n) is 3.28. The monoisotopic (exact) mass is 206 g/mol. The van der Waals surface area contributed by atoms with Gasteiger partial charge in [-0.3, -0.25) is 4.79 Å². The van der Waals surface area contributed by atoms with Crippen molar-refractivity contribution in [3.8, 4) is 0 Å². The van der Waals surface area contributed by atoms with Crippen LogP contribution in [0.3, 0.4) is 0 Å². The van der Waals surface area contributed by atoms with Gasteiger partial charge < -0.3 is 0 Å². The van der Waals surface area contributed by atoms with Crippen molar-refractivity contribution in [1.29, 1.82) is 0 Å². The van der Waals surface area contributed by atoms with Crippen LogP contribution in [-0.2, 0) is 4.79 Å². The fraction of sp³-hybridized carbons (Fsp3) is 0.500. The SMILES string of the molecule is C=CC1=C(/C=C\CC)CC(=O)CC1.CC. The number of allylic oxidation sites excluding steroid dienone is 5. The molecule has 1 aliphatic carbocycles. The Morgan fingerprint density at radius 2 is 1.93 bits per heavy atom. The summed E-state index contributed by atoms with van der Waals surface area (Å²) in [6.07, 6.45) is 9.20. The van der Waals surface area contributed by atoms with Crippen LogP contribution in [0.2, 0.25) is 0 Å². The van der Waals surface area contributed by atoms with E-state index in [0.29, 0.717) is 18.6 Å². The minimum absolute atomic E-state index is 0.348. The molecular weight excluding hydrogens is 184 g/mol. The van der Waals surface area contributed by atoms with E-state index in [1.165, 1.54) is 5.57 Å². The summed E-state index contributed by atoms with van der Waals surface area (Å²) in [7, 11) is 0. The lowest BCUT2D eigenvalue weighted by molar-refractivity contribution is -0.118. The lowest BCUT2D eigenvalue weighted by Crippen LogP contribution is -2.07. The highest BCUT2D eigenvalue weighted by Crippen LogP contribution is 2.24. The summed E-state index contributed by atoms with van der Waals surface area (Å²) in [5.74, 6) is 0.348. The molecule has 0 aromatic heterocycles. The summed E-state index contributed by atoms with van der Waals surface area (Å²) in [5.41, 5.74) is 2.40. The summed E-state index contributed by atoms with van der Waals surface area (Å²) in [6, 6.07) is 0. The van der Waals surface area contributed by atoms with E-state index < -0.39 is 0 Å². The zero-order valence-corrected chi connectivity index (χ0v) is 10.2. The smallest absolute Gasteiger partial charge is 0.137 e. The zero-order chi connectivity index (χ0) is 11.7. The van der Waals surface area contributed by atoms with Crippen molar-refractivity contribution in [3.05, 3.63) is 36.0 Å². The van der Waals surface area contributed by atoms with Crippen molar-refractivity contribution in [2.45, 2.75) is 46.5 Å². The lowest BCUT2D eigenvalue weighted by Gasteiger charge is -2.14. The molecule has 0 unspecified atom stereocenters. The molecule has 0 aliphatic heterocycles. The predicted octanol–water partition coefficient (Wildman–Crippen LogP) is 4.21. The van der Waals surface area contributed by atoms with Crippen LogP contribution in [0.5, 0.6) is 0 Å². The molecular formula is C14H22O. The van der Waals surface area contributed by atoms with E-state index in [4.69, 9.17) is 0 Å². The molecule has 1 heteroatoms. The molecule has 0 aromatic rings. The molecule has 0 amide bonds. The molecule has 0 bridgehead atoms. The van der Waals surface area contributed by atoms with E-state index in [1.54, 1.807) is 0 Å². The number of Topliss-reactive ketones (excluding diaryl/α,β-unsaturated/α-hetero) is 1. The Balaban J connectivity index is 0.000000921. The van der Waals surface area contributed by atoms with Gasteiger partial charge in [0.25, 0.3) is 0 Å². The molecule has 0 N–H and O–H groups in total. The Kier molecular flexibility index (Phi) is 7.61. The minimum atomic E-state index is 0.348. The van der Waals surface area contributed by atoms with Crippen LogP contribution < -0.4 is 0 Å². The summed E-state index contributed by atoms with van der Waals surface area (Å²) >= 11 is 0. The van der Waals surface area contributed by atoms with Gasteiger partial charge in [0.05, 0.1) is 0 Å². The van der Waals surface area contributed by atoms with Gasteiger partial charge in [-0.2, -0.15) is 0 Å². The maximum Gasteiger partial charge on any atom is 0.137 e. The van der Waals surface area contributed by atoms with Gasteiger partial charge in [-0.1, -0.05) is 45.6 Å². The molecule has 1 aliphatic rings. The average Bonchev–Trinajstić information content (AvgIpc) is 2.29. The van der Waals surface area contributed by atoms with Gasteiger partial charge in [-0.25, -0.2) is 0 Å². The first kappa shape index (κ1) is 13.9. The van der Waals surface area contributed by atoms with Gasteiger partial charge >= 0.3 is 0 Å². The Hall–Kier alpha value is -1.11. The molecule has 15 heavy (non-hydrogen) atoms. The Morgan fingerprint density at radius 3 is 2.47 bits per heavy atom. The van der Waals surface area contributed by atoms with Crippen LogP contribution in [0.4, 0.5) is 0 Å². The second-order valence-corrected chi connectivity index (χ2v) is 3.28.